The summed E-state index contributed by atoms with van der Waals surface area (Å²) in [5, 5.41) is 14.6. The van der Waals surface area contributed by atoms with E-state index in [0.29, 0.717) is 38.1 Å². The molecule has 0 radical (unpaired) electrons. The van der Waals surface area contributed by atoms with Gasteiger partial charge in [0.1, 0.15) is 10.8 Å². The van der Waals surface area contributed by atoms with Crippen LogP contribution in [0.5, 0.6) is 0 Å². The number of rotatable bonds is 5. The highest BCUT2D eigenvalue weighted by Crippen LogP contribution is 2.30. The molecule has 0 saturated heterocycles. The molecule has 1 amide bonds. The number of pyridine rings is 1. The molecule has 31 heavy (non-hydrogen) atoms. The molecule has 2 heterocycles. The SMILES string of the molecule is CSc1ncccc1C(=O)Nc1nc(-c2cc(F)cc(-c3ccc(C#N)cc3)c2)cs1. The molecule has 0 aliphatic heterocycles. The molecule has 0 bridgehead atoms. The van der Waals surface area contributed by atoms with Gasteiger partial charge in [0.05, 0.1) is 22.9 Å². The van der Waals surface area contributed by atoms with E-state index >= 15 is 0 Å². The van der Waals surface area contributed by atoms with Crippen molar-refractivity contribution in [1.29, 1.82) is 5.26 Å². The van der Waals surface area contributed by atoms with Crippen LogP contribution in [0.25, 0.3) is 22.4 Å². The van der Waals surface area contributed by atoms with Crippen LogP contribution in [0.1, 0.15) is 15.9 Å². The monoisotopic (exact) mass is 446 g/mol. The molecule has 0 spiro atoms. The molecule has 0 atom stereocenters. The minimum Gasteiger partial charge on any atom is -0.298 e. The number of carbonyl (C=O) groups is 1. The first kappa shape index (κ1) is 20.7. The molecule has 8 heteroatoms. The normalized spacial score (nSPS) is 10.5. The van der Waals surface area contributed by atoms with Gasteiger partial charge in [-0.3, -0.25) is 10.1 Å². The minimum atomic E-state index is -0.393. The van der Waals surface area contributed by atoms with Crippen molar-refractivity contribution in [2.45, 2.75) is 5.03 Å². The maximum Gasteiger partial charge on any atom is 0.260 e. The van der Waals surface area contributed by atoms with Gasteiger partial charge in [-0.05, 0) is 59.8 Å². The first-order chi connectivity index (χ1) is 15.1. The van der Waals surface area contributed by atoms with E-state index in [0.717, 1.165) is 5.56 Å². The lowest BCUT2D eigenvalue weighted by atomic mass is 10.0. The van der Waals surface area contributed by atoms with Crippen molar-refractivity contribution in [3.05, 3.63) is 83.1 Å². The molecule has 2 aromatic heterocycles. The molecule has 2 aromatic carbocycles. The van der Waals surface area contributed by atoms with Gasteiger partial charge in [-0.15, -0.1) is 23.1 Å². The number of halogens is 1. The highest BCUT2D eigenvalue weighted by molar-refractivity contribution is 7.98. The molecule has 0 saturated carbocycles. The molecular weight excluding hydrogens is 431 g/mol. The second-order valence-corrected chi connectivity index (χ2v) is 8.12. The average molecular weight is 447 g/mol. The second-order valence-electron chi connectivity index (χ2n) is 6.47. The van der Waals surface area contributed by atoms with Crippen molar-refractivity contribution >= 4 is 34.1 Å². The van der Waals surface area contributed by atoms with Crippen molar-refractivity contribution in [2.75, 3.05) is 11.6 Å². The summed E-state index contributed by atoms with van der Waals surface area (Å²) in [5.74, 6) is -0.689. The van der Waals surface area contributed by atoms with E-state index < -0.39 is 5.82 Å². The number of hydrogen-bond acceptors (Lipinski definition) is 6. The quantitative estimate of drug-likeness (QED) is 0.389. The second kappa shape index (κ2) is 9.08. The van der Waals surface area contributed by atoms with E-state index in [-0.39, 0.29) is 5.91 Å². The summed E-state index contributed by atoms with van der Waals surface area (Å²) in [6.45, 7) is 0. The van der Waals surface area contributed by atoms with Crippen LogP contribution < -0.4 is 5.32 Å². The largest absolute Gasteiger partial charge is 0.298 e. The standard InChI is InChI=1S/C23H15FN4OS2/c1-30-22-19(3-2-8-26-22)21(29)28-23-27-20(13-31-23)17-9-16(10-18(24)11-17)15-6-4-14(12-25)5-7-15/h2-11,13H,1H3,(H,27,28,29). The number of carbonyl (C=O) groups excluding carboxylic acids is 1. The zero-order valence-electron chi connectivity index (χ0n) is 16.3. The van der Waals surface area contributed by atoms with Crippen molar-refractivity contribution in [3.8, 4) is 28.5 Å². The third kappa shape index (κ3) is 4.63. The lowest BCUT2D eigenvalue weighted by Crippen LogP contribution is -2.13. The van der Waals surface area contributed by atoms with Gasteiger partial charge in [0, 0.05) is 17.1 Å². The Morgan fingerprint density at radius 3 is 2.65 bits per heavy atom. The first-order valence-corrected chi connectivity index (χ1v) is 11.2. The van der Waals surface area contributed by atoms with E-state index in [4.69, 9.17) is 5.26 Å². The number of nitrogens with zero attached hydrogens (tertiary/aromatic N) is 3. The molecule has 5 nitrogen and oxygen atoms in total. The van der Waals surface area contributed by atoms with Crippen molar-refractivity contribution in [1.82, 2.24) is 9.97 Å². The van der Waals surface area contributed by atoms with E-state index in [1.165, 1.54) is 35.2 Å². The Labute approximate surface area is 186 Å². The van der Waals surface area contributed by atoms with Gasteiger partial charge in [-0.25, -0.2) is 14.4 Å². The Bertz CT molecular complexity index is 1300. The van der Waals surface area contributed by atoms with Crippen LogP contribution >= 0.6 is 23.1 Å². The topological polar surface area (TPSA) is 78.7 Å². The van der Waals surface area contributed by atoms with E-state index in [9.17, 15) is 9.18 Å². The number of nitriles is 1. The van der Waals surface area contributed by atoms with Crippen LogP contribution in [-0.4, -0.2) is 22.1 Å². The fourth-order valence-corrected chi connectivity index (χ4v) is 4.26. The van der Waals surface area contributed by atoms with Crippen LogP contribution in [0.2, 0.25) is 0 Å². The Morgan fingerprint density at radius 1 is 1.13 bits per heavy atom. The fourth-order valence-electron chi connectivity index (χ4n) is 3.00. The summed E-state index contributed by atoms with van der Waals surface area (Å²) in [5.41, 5.74) is 3.65. The maximum absolute atomic E-state index is 14.3. The first-order valence-electron chi connectivity index (χ1n) is 9.15. The number of thiazole rings is 1. The summed E-state index contributed by atoms with van der Waals surface area (Å²) in [4.78, 5) is 21.3. The van der Waals surface area contributed by atoms with Gasteiger partial charge in [0.25, 0.3) is 5.91 Å². The van der Waals surface area contributed by atoms with Crippen LogP contribution in [0, 0.1) is 17.1 Å². The number of hydrogen-bond donors (Lipinski definition) is 1. The lowest BCUT2D eigenvalue weighted by molar-refractivity contribution is 0.102. The number of aromatic nitrogens is 2. The smallest absolute Gasteiger partial charge is 0.260 e. The summed E-state index contributed by atoms with van der Waals surface area (Å²) in [7, 11) is 0. The third-order valence-electron chi connectivity index (χ3n) is 4.47. The van der Waals surface area contributed by atoms with Gasteiger partial charge < -0.3 is 0 Å². The zero-order chi connectivity index (χ0) is 21.8. The molecule has 4 rings (SSSR count). The Balaban J connectivity index is 1.59. The molecular formula is C23H15FN4OS2. The highest BCUT2D eigenvalue weighted by Gasteiger charge is 2.15. The third-order valence-corrected chi connectivity index (χ3v) is 5.94. The number of amides is 1. The maximum atomic E-state index is 14.3. The minimum absolute atomic E-state index is 0.295. The van der Waals surface area contributed by atoms with Gasteiger partial charge in [-0.2, -0.15) is 5.26 Å². The molecule has 0 aliphatic carbocycles. The number of thioether (sulfide) groups is 1. The van der Waals surface area contributed by atoms with Crippen molar-refractivity contribution in [2.24, 2.45) is 0 Å². The van der Waals surface area contributed by atoms with Gasteiger partial charge in [0.2, 0.25) is 0 Å². The van der Waals surface area contributed by atoms with E-state index in [1.54, 1.807) is 48.0 Å². The highest BCUT2D eigenvalue weighted by atomic mass is 32.2. The average Bonchev–Trinajstić information content (AvgIpc) is 3.27. The summed E-state index contributed by atoms with van der Waals surface area (Å²) < 4.78 is 14.3. The van der Waals surface area contributed by atoms with Crippen molar-refractivity contribution in [3.63, 3.8) is 0 Å². The summed E-state index contributed by atoms with van der Waals surface area (Å²) in [6, 6.07) is 17.1. The van der Waals surface area contributed by atoms with Crippen molar-refractivity contribution < 1.29 is 9.18 Å². The van der Waals surface area contributed by atoms with Crippen LogP contribution in [0.4, 0.5) is 9.52 Å². The predicted molar refractivity (Wildman–Crippen MR) is 122 cm³/mol. The molecule has 0 aliphatic rings. The Hall–Kier alpha value is -3.54. The molecule has 0 unspecified atom stereocenters. The van der Waals surface area contributed by atoms with Gasteiger partial charge in [0.15, 0.2) is 5.13 Å². The Morgan fingerprint density at radius 2 is 1.90 bits per heavy atom. The lowest BCUT2D eigenvalue weighted by Gasteiger charge is -2.06. The van der Waals surface area contributed by atoms with E-state index in [1.807, 2.05) is 12.3 Å². The number of anilines is 1. The summed E-state index contributed by atoms with van der Waals surface area (Å²) >= 11 is 2.66. The molecule has 152 valence electrons. The molecule has 0 fully saturated rings. The van der Waals surface area contributed by atoms with E-state index in [2.05, 4.69) is 21.4 Å². The van der Waals surface area contributed by atoms with Crippen LogP contribution in [0.3, 0.4) is 0 Å². The summed E-state index contributed by atoms with van der Waals surface area (Å²) in [6.07, 6.45) is 3.50. The Kier molecular flexibility index (Phi) is 6.07. The zero-order valence-corrected chi connectivity index (χ0v) is 17.9. The van der Waals surface area contributed by atoms with Gasteiger partial charge >= 0.3 is 0 Å². The number of nitrogens with one attached hydrogen (secondary N) is 1. The predicted octanol–water partition coefficient (Wildman–Crippen LogP) is 5.86. The van der Waals surface area contributed by atoms with Crippen LogP contribution in [0.15, 0.2) is 71.2 Å². The fraction of sp³-hybridized carbons (Fsp3) is 0.0435. The molecule has 4 aromatic rings. The van der Waals surface area contributed by atoms with Crippen LogP contribution in [-0.2, 0) is 0 Å². The molecule has 1 N–H and O–H groups in total. The van der Waals surface area contributed by atoms with Gasteiger partial charge in [-0.1, -0.05) is 12.1 Å². The number of benzene rings is 2.